The second kappa shape index (κ2) is 9.70. The molecule has 1 N–H and O–H groups in total. The molecule has 3 aromatic carbocycles. The summed E-state index contributed by atoms with van der Waals surface area (Å²) in [6.45, 7) is 2.96. The molecule has 0 saturated carbocycles. The summed E-state index contributed by atoms with van der Waals surface area (Å²) in [5.41, 5.74) is 1.41. The molecule has 0 fully saturated rings. The first kappa shape index (κ1) is 23.4. The maximum atomic E-state index is 13.1. The van der Waals surface area contributed by atoms with Crippen LogP contribution >= 0.6 is 0 Å². The van der Waals surface area contributed by atoms with Gasteiger partial charge < -0.3 is 13.9 Å². The van der Waals surface area contributed by atoms with Gasteiger partial charge >= 0.3 is 6.01 Å². The highest BCUT2D eigenvalue weighted by atomic mass is 32.2. The van der Waals surface area contributed by atoms with Crippen LogP contribution in [0.3, 0.4) is 0 Å². The highest BCUT2D eigenvalue weighted by molar-refractivity contribution is 7.92. The van der Waals surface area contributed by atoms with Crippen molar-refractivity contribution in [1.82, 2.24) is 10.2 Å². The Kier molecular flexibility index (Phi) is 6.30. The van der Waals surface area contributed by atoms with Gasteiger partial charge in [-0.1, -0.05) is 23.3 Å². The zero-order chi connectivity index (χ0) is 25.1. The van der Waals surface area contributed by atoms with E-state index in [2.05, 4.69) is 15.5 Å². The molecule has 1 aliphatic heterocycles. The van der Waals surface area contributed by atoms with Gasteiger partial charge in [-0.25, -0.2) is 8.42 Å². The van der Waals surface area contributed by atoms with Crippen LogP contribution in [-0.4, -0.2) is 44.3 Å². The number of sulfonamides is 1. The largest absolute Gasteiger partial charge is 0.486 e. The van der Waals surface area contributed by atoms with Crippen LogP contribution in [0.15, 0.2) is 82.1 Å². The number of rotatable bonds is 7. The number of hydrogen-bond donors (Lipinski definition) is 1. The lowest BCUT2D eigenvalue weighted by Gasteiger charge is -2.22. The first-order valence-electron chi connectivity index (χ1n) is 11.2. The minimum Gasteiger partial charge on any atom is -0.486 e. The summed E-state index contributed by atoms with van der Waals surface area (Å²) in [5.74, 6) is 0.886. The number of ether oxygens (including phenoxy) is 2. The van der Waals surface area contributed by atoms with Crippen LogP contribution in [-0.2, 0) is 10.0 Å². The second-order valence-corrected chi connectivity index (χ2v) is 9.62. The van der Waals surface area contributed by atoms with Crippen LogP contribution < -0.4 is 19.1 Å². The van der Waals surface area contributed by atoms with Gasteiger partial charge in [-0.15, -0.1) is 5.10 Å². The molecule has 4 aromatic rings. The molecule has 0 unspecified atom stereocenters. The summed E-state index contributed by atoms with van der Waals surface area (Å²) in [6, 6.07) is 19.6. The molecule has 0 atom stereocenters. The minimum absolute atomic E-state index is 0.0726. The van der Waals surface area contributed by atoms with E-state index in [4.69, 9.17) is 13.9 Å². The molecule has 0 spiro atoms. The van der Waals surface area contributed by atoms with Gasteiger partial charge in [0.2, 0.25) is 5.89 Å². The average Bonchev–Trinajstić information content (AvgIpc) is 3.38. The summed E-state index contributed by atoms with van der Waals surface area (Å²) in [5, 5.41) is 10.4. The number of hydrogen-bond acceptors (Lipinski definition) is 8. The van der Waals surface area contributed by atoms with Gasteiger partial charge in [0.25, 0.3) is 15.9 Å². The third kappa shape index (κ3) is 4.60. The molecular weight excluding hydrogens is 484 g/mol. The molecular formula is C25H22N4O6S. The third-order valence-corrected chi connectivity index (χ3v) is 7.39. The van der Waals surface area contributed by atoms with Crippen molar-refractivity contribution in [3.05, 3.63) is 78.4 Å². The van der Waals surface area contributed by atoms with Crippen LogP contribution in [0.2, 0.25) is 0 Å². The van der Waals surface area contributed by atoms with Crippen molar-refractivity contribution in [2.75, 3.05) is 29.4 Å². The van der Waals surface area contributed by atoms with Crippen LogP contribution in [0.4, 0.5) is 11.7 Å². The van der Waals surface area contributed by atoms with Crippen molar-refractivity contribution in [3.8, 4) is 23.0 Å². The van der Waals surface area contributed by atoms with Gasteiger partial charge in [-0.05, 0) is 61.5 Å². The predicted octanol–water partition coefficient (Wildman–Crippen LogP) is 3.98. The maximum absolute atomic E-state index is 13.1. The number of carbonyl (C=O) groups is 1. The molecule has 1 amide bonds. The lowest BCUT2D eigenvalue weighted by Crippen LogP contribution is -2.30. The van der Waals surface area contributed by atoms with E-state index < -0.39 is 15.9 Å². The van der Waals surface area contributed by atoms with E-state index in [1.165, 1.54) is 28.6 Å². The molecule has 36 heavy (non-hydrogen) atoms. The van der Waals surface area contributed by atoms with Crippen molar-refractivity contribution in [1.29, 1.82) is 0 Å². The van der Waals surface area contributed by atoms with Crippen molar-refractivity contribution >= 4 is 27.6 Å². The van der Waals surface area contributed by atoms with Crippen molar-refractivity contribution in [2.24, 2.45) is 0 Å². The lowest BCUT2D eigenvalue weighted by molar-refractivity contribution is 0.102. The van der Waals surface area contributed by atoms with Crippen molar-refractivity contribution in [2.45, 2.75) is 11.8 Å². The number of amides is 1. The fourth-order valence-corrected chi connectivity index (χ4v) is 5.20. The van der Waals surface area contributed by atoms with Gasteiger partial charge in [0, 0.05) is 17.7 Å². The van der Waals surface area contributed by atoms with Crippen molar-refractivity contribution < 1.29 is 27.1 Å². The maximum Gasteiger partial charge on any atom is 0.322 e. The summed E-state index contributed by atoms with van der Waals surface area (Å²) < 4.78 is 44.2. The monoisotopic (exact) mass is 506 g/mol. The molecule has 0 saturated heterocycles. The van der Waals surface area contributed by atoms with E-state index in [1.54, 1.807) is 49.4 Å². The minimum atomic E-state index is -3.80. The van der Waals surface area contributed by atoms with E-state index >= 15 is 0 Å². The Labute approximate surface area is 207 Å². The highest BCUT2D eigenvalue weighted by Gasteiger charge is 2.24. The van der Waals surface area contributed by atoms with Gasteiger partial charge in [0.15, 0.2) is 11.5 Å². The SMILES string of the molecule is CCN(c1ccccc1)S(=O)(=O)c1ccc(C(=O)Nc2nnc(-c3ccc4c(c3)OCCO4)o2)cc1. The summed E-state index contributed by atoms with van der Waals surface area (Å²) in [4.78, 5) is 12.8. The van der Waals surface area contributed by atoms with Gasteiger partial charge in [-0.2, -0.15) is 0 Å². The number of nitrogens with one attached hydrogen (secondary N) is 1. The van der Waals surface area contributed by atoms with Crippen LogP contribution in [0.1, 0.15) is 17.3 Å². The Balaban J connectivity index is 1.29. The molecule has 184 valence electrons. The van der Waals surface area contributed by atoms with Gasteiger partial charge in [0.05, 0.1) is 10.6 Å². The molecule has 10 nitrogen and oxygen atoms in total. The number of benzene rings is 3. The number of aromatic nitrogens is 2. The molecule has 11 heteroatoms. The Morgan fingerprint density at radius 1 is 0.944 bits per heavy atom. The number of nitrogens with zero attached hydrogens (tertiary/aromatic N) is 3. The first-order chi connectivity index (χ1) is 17.5. The zero-order valence-electron chi connectivity index (χ0n) is 19.2. The zero-order valence-corrected chi connectivity index (χ0v) is 20.1. The molecule has 2 heterocycles. The molecule has 0 aliphatic carbocycles. The van der Waals surface area contributed by atoms with Crippen molar-refractivity contribution in [3.63, 3.8) is 0 Å². The lowest BCUT2D eigenvalue weighted by atomic mass is 10.2. The van der Waals surface area contributed by atoms with Gasteiger partial charge in [0.1, 0.15) is 13.2 Å². The normalized spacial score (nSPS) is 12.7. The fraction of sp³-hybridized carbons (Fsp3) is 0.160. The smallest absolute Gasteiger partial charge is 0.322 e. The number of anilines is 2. The molecule has 1 aromatic heterocycles. The summed E-state index contributed by atoms with van der Waals surface area (Å²) in [6.07, 6.45) is 0. The topological polar surface area (TPSA) is 124 Å². The van der Waals surface area contributed by atoms with E-state index in [9.17, 15) is 13.2 Å². The molecule has 1 aliphatic rings. The standard InChI is InChI=1S/C25H22N4O6S/c1-2-29(19-6-4-3-5-7-19)36(31,32)20-11-8-17(9-12-20)23(30)26-25-28-27-24(35-25)18-10-13-21-22(16-18)34-15-14-33-21/h3-13,16H,2,14-15H2,1H3,(H,26,28,30). The molecule has 0 bridgehead atoms. The molecule has 0 radical (unpaired) electrons. The van der Waals surface area contributed by atoms with Gasteiger partial charge in [-0.3, -0.25) is 14.4 Å². The van der Waals surface area contributed by atoms with Crippen LogP contribution in [0.5, 0.6) is 11.5 Å². The Morgan fingerprint density at radius 2 is 1.67 bits per heavy atom. The average molecular weight is 507 g/mol. The number of carbonyl (C=O) groups excluding carboxylic acids is 1. The quantitative estimate of drug-likeness (QED) is 0.399. The second-order valence-electron chi connectivity index (χ2n) is 7.75. The third-order valence-electron chi connectivity index (χ3n) is 5.47. The Morgan fingerprint density at radius 3 is 2.39 bits per heavy atom. The Bertz CT molecular complexity index is 1490. The highest BCUT2D eigenvalue weighted by Crippen LogP contribution is 2.34. The summed E-state index contributed by atoms with van der Waals surface area (Å²) in [7, 11) is -3.80. The van der Waals surface area contributed by atoms with E-state index in [0.717, 1.165) is 0 Å². The number of para-hydroxylation sites is 1. The number of fused-ring (bicyclic) bond motifs is 1. The molecule has 5 rings (SSSR count). The van der Waals surface area contributed by atoms with E-state index in [0.29, 0.717) is 36.0 Å². The fourth-order valence-electron chi connectivity index (χ4n) is 3.73. The first-order valence-corrected chi connectivity index (χ1v) is 12.6. The predicted molar refractivity (Wildman–Crippen MR) is 132 cm³/mol. The summed E-state index contributed by atoms with van der Waals surface area (Å²) >= 11 is 0. The Hall–Kier alpha value is -4.38. The van der Waals surface area contributed by atoms with E-state index in [-0.39, 0.29) is 28.9 Å². The van der Waals surface area contributed by atoms with Crippen LogP contribution in [0.25, 0.3) is 11.5 Å². The van der Waals surface area contributed by atoms with Crippen LogP contribution in [0, 0.1) is 0 Å². The van der Waals surface area contributed by atoms with E-state index in [1.807, 2.05) is 6.07 Å².